The van der Waals surface area contributed by atoms with Gasteiger partial charge in [-0.3, -0.25) is 9.59 Å². The number of nitrogens with zero attached hydrogens (tertiary/aromatic N) is 2. The van der Waals surface area contributed by atoms with Crippen LogP contribution in [-0.2, 0) is 32.3 Å². The Labute approximate surface area is 225 Å². The number of sulfone groups is 1. The first-order valence-corrected chi connectivity index (χ1v) is 13.9. The van der Waals surface area contributed by atoms with E-state index in [1.54, 1.807) is 0 Å². The van der Waals surface area contributed by atoms with Gasteiger partial charge in [0.25, 0.3) is 12.3 Å². The summed E-state index contributed by atoms with van der Waals surface area (Å²) in [5, 5.41) is 9.42. The minimum absolute atomic E-state index is 0.00222. The van der Waals surface area contributed by atoms with Crippen LogP contribution in [0.15, 0.2) is 24.3 Å². The molecule has 0 unspecified atom stereocenters. The average molecular weight is 599 g/mol. The average Bonchev–Trinajstić information content (AvgIpc) is 3.16. The van der Waals surface area contributed by atoms with Crippen LogP contribution in [-0.4, -0.2) is 87.1 Å². The first-order valence-electron chi connectivity index (χ1n) is 11.9. The standard InChI is InChI=1S/C23H27F5N4O7S/c1-40(35,36)12-19(33)30-21-20-17(31-32(21)6-8-37-11-18(24)25)9-14(29-22(20)34)5-7-38-15-3-2-4-16(10-15)39-13-23(26,27)28/h2-4,10,14,18H,5-9,11-13H2,1H3,(H,29,34)(H,30,33)/t14-/m0/s1. The van der Waals surface area contributed by atoms with Crippen LogP contribution in [0.5, 0.6) is 11.5 Å². The van der Waals surface area contributed by atoms with E-state index >= 15 is 0 Å². The maximum Gasteiger partial charge on any atom is 0.422 e. The van der Waals surface area contributed by atoms with Crippen LogP contribution in [0.4, 0.5) is 27.8 Å². The zero-order valence-electron chi connectivity index (χ0n) is 21.2. The molecular weight excluding hydrogens is 571 g/mol. The third kappa shape index (κ3) is 9.93. The van der Waals surface area contributed by atoms with Crippen molar-refractivity contribution in [3.63, 3.8) is 0 Å². The Morgan fingerprint density at radius 3 is 2.58 bits per heavy atom. The van der Waals surface area contributed by atoms with Gasteiger partial charge in [-0.1, -0.05) is 6.07 Å². The third-order valence-corrected chi connectivity index (χ3v) is 6.10. The van der Waals surface area contributed by atoms with Gasteiger partial charge < -0.3 is 24.8 Å². The highest BCUT2D eigenvalue weighted by Crippen LogP contribution is 2.27. The first kappa shape index (κ1) is 31.1. The number of halogens is 5. The zero-order valence-corrected chi connectivity index (χ0v) is 22.0. The molecule has 1 aliphatic heterocycles. The van der Waals surface area contributed by atoms with E-state index in [1.807, 2.05) is 0 Å². The first-order chi connectivity index (χ1) is 18.7. The van der Waals surface area contributed by atoms with Gasteiger partial charge in [0.2, 0.25) is 5.91 Å². The molecule has 0 aliphatic carbocycles. The van der Waals surface area contributed by atoms with Gasteiger partial charge in [-0.15, -0.1) is 0 Å². The second-order valence-electron chi connectivity index (χ2n) is 8.87. The molecule has 1 aromatic carbocycles. The lowest BCUT2D eigenvalue weighted by Gasteiger charge is -2.23. The van der Waals surface area contributed by atoms with Crippen LogP contribution >= 0.6 is 0 Å². The van der Waals surface area contributed by atoms with Gasteiger partial charge in [-0.25, -0.2) is 21.9 Å². The second kappa shape index (κ2) is 13.3. The predicted octanol–water partition coefficient (Wildman–Crippen LogP) is 2.21. The van der Waals surface area contributed by atoms with Gasteiger partial charge in [0.15, 0.2) is 16.4 Å². The van der Waals surface area contributed by atoms with Crippen molar-refractivity contribution in [2.75, 3.05) is 43.8 Å². The molecule has 222 valence electrons. The molecule has 2 aromatic rings. The van der Waals surface area contributed by atoms with Crippen molar-refractivity contribution >= 4 is 27.5 Å². The van der Waals surface area contributed by atoms with Gasteiger partial charge in [-0.2, -0.15) is 18.3 Å². The van der Waals surface area contributed by atoms with Crippen LogP contribution in [0.2, 0.25) is 0 Å². The Hall–Kier alpha value is -3.47. The number of fused-ring (bicyclic) bond motifs is 1. The molecule has 1 aromatic heterocycles. The van der Waals surface area contributed by atoms with Crippen LogP contribution in [0.1, 0.15) is 22.5 Å². The zero-order chi connectivity index (χ0) is 29.5. The van der Waals surface area contributed by atoms with E-state index in [-0.39, 0.29) is 61.2 Å². The molecular formula is C23H27F5N4O7S. The summed E-state index contributed by atoms with van der Waals surface area (Å²) >= 11 is 0. The molecule has 0 fully saturated rings. The minimum atomic E-state index is -4.49. The van der Waals surface area contributed by atoms with Crippen molar-refractivity contribution < 1.29 is 54.2 Å². The molecule has 0 bridgehead atoms. The van der Waals surface area contributed by atoms with E-state index in [2.05, 4.69) is 15.7 Å². The summed E-state index contributed by atoms with van der Waals surface area (Å²) in [6, 6.07) is 5.17. The number of anilines is 1. The van der Waals surface area contributed by atoms with Gasteiger partial charge >= 0.3 is 6.18 Å². The highest BCUT2D eigenvalue weighted by atomic mass is 32.2. The fourth-order valence-electron chi connectivity index (χ4n) is 3.77. The number of amides is 2. The number of carbonyl (C=O) groups is 2. The second-order valence-corrected chi connectivity index (χ2v) is 11.0. The maximum atomic E-state index is 12.9. The largest absolute Gasteiger partial charge is 0.493 e. The Balaban J connectivity index is 1.66. The summed E-state index contributed by atoms with van der Waals surface area (Å²) in [6.45, 7) is -2.53. The number of hydrogen-bond acceptors (Lipinski definition) is 8. The van der Waals surface area contributed by atoms with Crippen molar-refractivity contribution in [3.05, 3.63) is 35.5 Å². The Bertz CT molecular complexity index is 1300. The summed E-state index contributed by atoms with van der Waals surface area (Å²) in [4.78, 5) is 25.2. The molecule has 0 saturated heterocycles. The normalized spacial score (nSPS) is 15.5. The molecule has 2 amide bonds. The lowest BCUT2D eigenvalue weighted by atomic mass is 9.99. The molecule has 2 heterocycles. The molecule has 3 rings (SSSR count). The fraction of sp³-hybridized carbons (Fsp3) is 0.522. The summed E-state index contributed by atoms with van der Waals surface area (Å²) in [7, 11) is -3.68. The number of ether oxygens (including phenoxy) is 3. The summed E-state index contributed by atoms with van der Waals surface area (Å²) in [5.74, 6) is -2.23. The Morgan fingerprint density at radius 1 is 1.23 bits per heavy atom. The molecule has 40 heavy (non-hydrogen) atoms. The monoisotopic (exact) mass is 598 g/mol. The van der Waals surface area contributed by atoms with E-state index in [9.17, 15) is 40.0 Å². The van der Waals surface area contributed by atoms with Crippen molar-refractivity contribution in [3.8, 4) is 11.5 Å². The molecule has 2 N–H and O–H groups in total. The van der Waals surface area contributed by atoms with Gasteiger partial charge in [0.1, 0.15) is 35.2 Å². The predicted molar refractivity (Wildman–Crippen MR) is 130 cm³/mol. The Morgan fingerprint density at radius 2 is 1.93 bits per heavy atom. The topological polar surface area (TPSA) is 138 Å². The number of rotatable bonds is 14. The number of nitrogens with one attached hydrogen (secondary N) is 2. The lowest BCUT2D eigenvalue weighted by Crippen LogP contribution is -2.42. The maximum absolute atomic E-state index is 12.9. The highest BCUT2D eigenvalue weighted by molar-refractivity contribution is 7.91. The van der Waals surface area contributed by atoms with Crippen molar-refractivity contribution in [1.82, 2.24) is 15.1 Å². The SMILES string of the molecule is CS(=O)(=O)CC(=O)Nc1c2c(nn1CCOCC(F)F)C[C@H](CCOc1cccc(OCC(F)(F)F)c1)NC2=O. The van der Waals surface area contributed by atoms with Crippen molar-refractivity contribution in [1.29, 1.82) is 0 Å². The number of carbonyl (C=O) groups excluding carboxylic acids is 2. The van der Waals surface area contributed by atoms with E-state index < -0.39 is 59.3 Å². The molecule has 0 spiro atoms. The quantitative estimate of drug-likeness (QED) is 0.250. The van der Waals surface area contributed by atoms with Crippen LogP contribution < -0.4 is 20.1 Å². The van der Waals surface area contributed by atoms with Crippen LogP contribution in [0.3, 0.4) is 0 Å². The van der Waals surface area contributed by atoms with Gasteiger partial charge in [-0.05, 0) is 12.1 Å². The van der Waals surface area contributed by atoms with Crippen LogP contribution in [0, 0.1) is 0 Å². The number of hydrogen-bond donors (Lipinski definition) is 2. The molecule has 1 aliphatic rings. The summed E-state index contributed by atoms with van der Waals surface area (Å²) in [5.41, 5.74) is 0.280. The van der Waals surface area contributed by atoms with E-state index in [4.69, 9.17) is 14.2 Å². The van der Waals surface area contributed by atoms with Gasteiger partial charge in [0.05, 0.1) is 25.5 Å². The van der Waals surface area contributed by atoms with E-state index in [0.717, 1.165) is 6.26 Å². The third-order valence-electron chi connectivity index (χ3n) is 5.31. The van der Waals surface area contributed by atoms with Crippen molar-refractivity contribution in [2.45, 2.75) is 38.0 Å². The molecule has 11 nitrogen and oxygen atoms in total. The van der Waals surface area contributed by atoms with E-state index in [0.29, 0.717) is 0 Å². The molecule has 0 radical (unpaired) electrons. The minimum Gasteiger partial charge on any atom is -0.493 e. The highest BCUT2D eigenvalue weighted by Gasteiger charge is 2.33. The van der Waals surface area contributed by atoms with Gasteiger partial charge in [0, 0.05) is 31.2 Å². The Kier molecular flexibility index (Phi) is 10.3. The fourth-order valence-corrected chi connectivity index (χ4v) is 4.31. The smallest absolute Gasteiger partial charge is 0.422 e. The van der Waals surface area contributed by atoms with Crippen molar-refractivity contribution in [2.24, 2.45) is 0 Å². The van der Waals surface area contributed by atoms with Crippen LogP contribution in [0.25, 0.3) is 0 Å². The molecule has 17 heteroatoms. The van der Waals surface area contributed by atoms with E-state index in [1.165, 1.54) is 28.9 Å². The number of alkyl halides is 5. The number of aromatic nitrogens is 2. The lowest BCUT2D eigenvalue weighted by molar-refractivity contribution is -0.153. The molecule has 0 saturated carbocycles. The molecule has 1 atom stereocenters. The number of benzene rings is 1. The summed E-state index contributed by atoms with van der Waals surface area (Å²) < 4.78 is 101. The summed E-state index contributed by atoms with van der Waals surface area (Å²) in [6.07, 6.45) is -5.85.